The maximum Gasteiger partial charge on any atom is 0.328 e. The molecule has 1 saturated heterocycles. The highest BCUT2D eigenvalue weighted by atomic mass is 16.2. The summed E-state index contributed by atoms with van der Waals surface area (Å²) in [6.07, 6.45) is 3.17. The monoisotopic (exact) mass is 358 g/mol. The Morgan fingerprint density at radius 1 is 0.815 bits per heavy atom. The average molecular weight is 358 g/mol. The lowest BCUT2D eigenvalue weighted by atomic mass is 10.0. The van der Waals surface area contributed by atoms with Crippen molar-refractivity contribution in [2.45, 2.75) is 0 Å². The van der Waals surface area contributed by atoms with Crippen LogP contribution in [0.4, 0.5) is 4.79 Å². The Labute approximate surface area is 154 Å². The Bertz CT molecular complexity index is 1050. The van der Waals surface area contributed by atoms with E-state index < -0.39 is 17.8 Å². The standard InChI is InChI=1S/C20H14N4O3/c25-18-16(19(26)22-20(27)21-18)11-14-12-24(15-9-5-2-6-10-15)23-17(14)13-7-3-1-4-8-13/h1-12H,(H2,21,22,25,26,27). The van der Waals surface area contributed by atoms with Gasteiger partial charge < -0.3 is 0 Å². The van der Waals surface area contributed by atoms with E-state index in [-0.39, 0.29) is 5.57 Å². The van der Waals surface area contributed by atoms with Crippen molar-refractivity contribution in [1.29, 1.82) is 0 Å². The van der Waals surface area contributed by atoms with Crippen molar-refractivity contribution in [3.8, 4) is 16.9 Å². The zero-order valence-electron chi connectivity index (χ0n) is 14.0. The fourth-order valence-electron chi connectivity index (χ4n) is 2.79. The second-order valence-corrected chi connectivity index (χ2v) is 5.87. The number of carbonyl (C=O) groups excluding carboxylic acids is 3. The molecule has 2 heterocycles. The average Bonchev–Trinajstić information content (AvgIpc) is 3.10. The van der Waals surface area contributed by atoms with Crippen molar-refractivity contribution in [3.63, 3.8) is 0 Å². The van der Waals surface area contributed by atoms with Gasteiger partial charge in [-0.2, -0.15) is 5.10 Å². The summed E-state index contributed by atoms with van der Waals surface area (Å²) in [6.45, 7) is 0. The van der Waals surface area contributed by atoms with Crippen LogP contribution in [0.1, 0.15) is 5.56 Å². The van der Waals surface area contributed by atoms with Crippen LogP contribution in [0.15, 0.2) is 72.4 Å². The van der Waals surface area contributed by atoms with Gasteiger partial charge in [0.05, 0.1) is 11.4 Å². The molecule has 0 bridgehead atoms. The van der Waals surface area contributed by atoms with Crippen LogP contribution in [0.2, 0.25) is 0 Å². The number of nitrogens with one attached hydrogen (secondary N) is 2. The molecule has 0 saturated carbocycles. The first kappa shape index (κ1) is 16.5. The van der Waals surface area contributed by atoms with Gasteiger partial charge in [0.25, 0.3) is 11.8 Å². The highest BCUT2D eigenvalue weighted by Crippen LogP contribution is 2.26. The van der Waals surface area contributed by atoms with Crippen molar-refractivity contribution in [2.24, 2.45) is 0 Å². The number of imide groups is 2. The number of urea groups is 1. The normalized spacial score (nSPS) is 13.9. The number of barbiturate groups is 1. The molecule has 7 heteroatoms. The summed E-state index contributed by atoms with van der Waals surface area (Å²) in [4.78, 5) is 35.4. The molecule has 0 radical (unpaired) electrons. The third-order valence-corrected chi connectivity index (χ3v) is 4.05. The van der Waals surface area contributed by atoms with Gasteiger partial charge in [-0.25, -0.2) is 9.48 Å². The SMILES string of the molecule is O=C1NC(=O)C(=Cc2cn(-c3ccccc3)nc2-c2ccccc2)C(=O)N1. The molecule has 0 aliphatic carbocycles. The minimum absolute atomic E-state index is 0.153. The smallest absolute Gasteiger partial charge is 0.273 e. The fourth-order valence-corrected chi connectivity index (χ4v) is 2.79. The summed E-state index contributed by atoms with van der Waals surface area (Å²) in [7, 11) is 0. The molecule has 1 aliphatic heterocycles. The molecule has 2 aromatic carbocycles. The minimum Gasteiger partial charge on any atom is -0.273 e. The molecule has 4 amide bonds. The van der Waals surface area contributed by atoms with E-state index in [0.717, 1.165) is 11.3 Å². The van der Waals surface area contributed by atoms with E-state index in [2.05, 4.69) is 15.7 Å². The third kappa shape index (κ3) is 3.25. The topological polar surface area (TPSA) is 93.1 Å². The number of amides is 4. The first-order valence-corrected chi connectivity index (χ1v) is 8.21. The van der Waals surface area contributed by atoms with Crippen LogP contribution in [0.5, 0.6) is 0 Å². The van der Waals surface area contributed by atoms with Gasteiger partial charge in [-0.1, -0.05) is 48.5 Å². The third-order valence-electron chi connectivity index (χ3n) is 4.05. The zero-order chi connectivity index (χ0) is 18.8. The van der Waals surface area contributed by atoms with Gasteiger partial charge in [-0.3, -0.25) is 20.2 Å². The fraction of sp³-hybridized carbons (Fsp3) is 0. The number of rotatable bonds is 3. The van der Waals surface area contributed by atoms with Crippen LogP contribution in [0.3, 0.4) is 0 Å². The molecule has 132 valence electrons. The van der Waals surface area contributed by atoms with Crippen LogP contribution in [-0.4, -0.2) is 27.6 Å². The maximum atomic E-state index is 12.1. The Kier molecular flexibility index (Phi) is 4.10. The Hall–Kier alpha value is -4.00. The summed E-state index contributed by atoms with van der Waals surface area (Å²) in [6, 6.07) is 18.1. The largest absolute Gasteiger partial charge is 0.328 e. The van der Waals surface area contributed by atoms with Crippen LogP contribution < -0.4 is 10.6 Å². The number of carbonyl (C=O) groups is 3. The molecule has 7 nitrogen and oxygen atoms in total. The van der Waals surface area contributed by atoms with Gasteiger partial charge in [-0.15, -0.1) is 0 Å². The van der Waals surface area contributed by atoms with Gasteiger partial charge in [0.2, 0.25) is 0 Å². The van der Waals surface area contributed by atoms with Crippen LogP contribution in [0.25, 0.3) is 23.0 Å². The lowest BCUT2D eigenvalue weighted by molar-refractivity contribution is -0.123. The van der Waals surface area contributed by atoms with Crippen LogP contribution >= 0.6 is 0 Å². The number of benzene rings is 2. The number of para-hydroxylation sites is 1. The summed E-state index contributed by atoms with van der Waals surface area (Å²) >= 11 is 0. The predicted octanol–water partition coefficient (Wildman–Crippen LogP) is 2.29. The second-order valence-electron chi connectivity index (χ2n) is 5.87. The molecule has 0 atom stereocenters. The molecule has 0 spiro atoms. The van der Waals surface area contributed by atoms with E-state index in [9.17, 15) is 14.4 Å². The first-order valence-electron chi connectivity index (χ1n) is 8.21. The van der Waals surface area contributed by atoms with Crippen LogP contribution in [-0.2, 0) is 9.59 Å². The second kappa shape index (κ2) is 6.72. The lowest BCUT2D eigenvalue weighted by Gasteiger charge is -2.13. The molecular weight excluding hydrogens is 344 g/mol. The quantitative estimate of drug-likeness (QED) is 0.555. The summed E-state index contributed by atoms with van der Waals surface area (Å²) in [5.41, 5.74) is 2.72. The van der Waals surface area contributed by atoms with Gasteiger partial charge in [0.1, 0.15) is 5.57 Å². The van der Waals surface area contributed by atoms with Gasteiger partial charge in [0, 0.05) is 17.3 Å². The molecule has 1 aliphatic rings. The molecule has 2 N–H and O–H groups in total. The van der Waals surface area contributed by atoms with Crippen molar-refractivity contribution in [1.82, 2.24) is 20.4 Å². The summed E-state index contributed by atoms with van der Waals surface area (Å²) in [5.74, 6) is -1.48. The molecule has 1 aromatic heterocycles. The molecule has 3 aromatic rings. The van der Waals surface area contributed by atoms with Crippen molar-refractivity contribution in [3.05, 3.63) is 78.0 Å². The van der Waals surface area contributed by atoms with E-state index in [0.29, 0.717) is 11.3 Å². The van der Waals surface area contributed by atoms with E-state index in [1.807, 2.05) is 60.7 Å². The molecular formula is C20H14N4O3. The zero-order valence-corrected chi connectivity index (χ0v) is 14.0. The van der Waals surface area contributed by atoms with Crippen LogP contribution in [0, 0.1) is 0 Å². The number of aromatic nitrogens is 2. The Morgan fingerprint density at radius 3 is 2.04 bits per heavy atom. The van der Waals surface area contributed by atoms with Crippen molar-refractivity contribution >= 4 is 23.9 Å². The highest BCUT2D eigenvalue weighted by molar-refractivity contribution is 6.31. The molecule has 4 rings (SSSR count). The lowest BCUT2D eigenvalue weighted by Crippen LogP contribution is -2.51. The van der Waals surface area contributed by atoms with E-state index in [1.54, 1.807) is 10.9 Å². The molecule has 0 unspecified atom stereocenters. The highest BCUT2D eigenvalue weighted by Gasteiger charge is 2.28. The number of hydrogen-bond donors (Lipinski definition) is 2. The van der Waals surface area contributed by atoms with E-state index in [4.69, 9.17) is 0 Å². The van der Waals surface area contributed by atoms with E-state index in [1.165, 1.54) is 6.08 Å². The van der Waals surface area contributed by atoms with Gasteiger partial charge in [-0.05, 0) is 18.2 Å². The molecule has 1 fully saturated rings. The first-order chi connectivity index (χ1) is 13.1. The summed E-state index contributed by atoms with van der Waals surface area (Å²) in [5, 5.41) is 8.77. The van der Waals surface area contributed by atoms with E-state index >= 15 is 0 Å². The summed E-state index contributed by atoms with van der Waals surface area (Å²) < 4.78 is 1.68. The number of nitrogens with zero attached hydrogens (tertiary/aromatic N) is 2. The van der Waals surface area contributed by atoms with Crippen molar-refractivity contribution in [2.75, 3.05) is 0 Å². The van der Waals surface area contributed by atoms with Gasteiger partial charge >= 0.3 is 6.03 Å². The minimum atomic E-state index is -0.828. The Balaban J connectivity index is 1.85. The van der Waals surface area contributed by atoms with Gasteiger partial charge in [0.15, 0.2) is 0 Å². The Morgan fingerprint density at radius 2 is 1.41 bits per heavy atom. The maximum absolute atomic E-state index is 12.1. The number of hydrogen-bond acceptors (Lipinski definition) is 4. The van der Waals surface area contributed by atoms with Crippen molar-refractivity contribution < 1.29 is 14.4 Å². The molecule has 27 heavy (non-hydrogen) atoms. The predicted molar refractivity (Wildman–Crippen MR) is 98.7 cm³/mol.